The van der Waals surface area contributed by atoms with E-state index >= 15 is 0 Å². The van der Waals surface area contributed by atoms with Gasteiger partial charge in [-0.05, 0) is 62.6 Å². The molecule has 0 radical (unpaired) electrons. The first-order valence-electron chi connectivity index (χ1n) is 11.0. The highest BCUT2D eigenvalue weighted by Crippen LogP contribution is 2.29. The molecule has 2 aromatic rings. The zero-order valence-electron chi connectivity index (χ0n) is 19.6. The third-order valence-corrected chi connectivity index (χ3v) is 5.16. The number of rotatable bonds is 12. The molecule has 1 N–H and O–H groups in total. The summed E-state index contributed by atoms with van der Waals surface area (Å²) in [6.45, 7) is 7.00. The summed E-state index contributed by atoms with van der Waals surface area (Å²) < 4.78 is 16.5. The maximum absolute atomic E-state index is 13.2. The lowest BCUT2D eigenvalue weighted by molar-refractivity contribution is -0.140. The number of carbonyl (C=O) groups is 2. The van der Waals surface area contributed by atoms with Crippen LogP contribution in [0.25, 0.3) is 0 Å². The molecule has 0 spiro atoms. The van der Waals surface area contributed by atoms with E-state index in [2.05, 4.69) is 5.32 Å². The third-order valence-electron chi connectivity index (χ3n) is 5.16. The van der Waals surface area contributed by atoms with Gasteiger partial charge in [0.1, 0.15) is 11.8 Å². The number of hydrogen-bond donors (Lipinski definition) is 1. The number of ether oxygens (including phenoxy) is 3. The first-order valence-corrected chi connectivity index (χ1v) is 11.0. The van der Waals surface area contributed by atoms with Crippen LogP contribution in [0, 0.1) is 0 Å². The second-order valence-electron chi connectivity index (χ2n) is 7.31. The Labute approximate surface area is 190 Å². The van der Waals surface area contributed by atoms with Crippen molar-refractivity contribution in [2.45, 2.75) is 46.2 Å². The summed E-state index contributed by atoms with van der Waals surface area (Å²) in [5, 5.41) is 2.63. The van der Waals surface area contributed by atoms with Gasteiger partial charge in [0.05, 0.1) is 20.3 Å². The molecule has 174 valence electrons. The number of benzene rings is 2. The van der Waals surface area contributed by atoms with Gasteiger partial charge in [0, 0.05) is 20.0 Å². The van der Waals surface area contributed by atoms with Crippen LogP contribution in [0.3, 0.4) is 0 Å². The largest absolute Gasteiger partial charge is 0.497 e. The number of carbonyl (C=O) groups excluding carboxylic acids is 2. The van der Waals surface area contributed by atoms with Gasteiger partial charge in [0.2, 0.25) is 11.8 Å². The van der Waals surface area contributed by atoms with Crippen LogP contribution in [-0.2, 0) is 22.6 Å². The zero-order chi connectivity index (χ0) is 23.5. The number of aryl methyl sites for hydroxylation is 1. The summed E-state index contributed by atoms with van der Waals surface area (Å²) >= 11 is 0. The summed E-state index contributed by atoms with van der Waals surface area (Å²) in [6, 6.07) is 12.6. The molecule has 0 aromatic heterocycles. The van der Waals surface area contributed by atoms with Gasteiger partial charge in [0.15, 0.2) is 11.5 Å². The maximum Gasteiger partial charge on any atom is 0.242 e. The molecule has 2 aromatic carbocycles. The molecule has 2 rings (SSSR count). The van der Waals surface area contributed by atoms with Crippen molar-refractivity contribution >= 4 is 11.8 Å². The molecule has 0 saturated heterocycles. The topological polar surface area (TPSA) is 77.1 Å². The Morgan fingerprint density at radius 2 is 1.59 bits per heavy atom. The molecular weight excluding hydrogens is 408 g/mol. The Hall–Kier alpha value is -3.22. The van der Waals surface area contributed by atoms with Crippen molar-refractivity contribution < 1.29 is 23.8 Å². The summed E-state index contributed by atoms with van der Waals surface area (Å²) in [5.41, 5.74) is 1.90. The van der Waals surface area contributed by atoms with E-state index in [-0.39, 0.29) is 18.2 Å². The van der Waals surface area contributed by atoms with Crippen LogP contribution in [0.2, 0.25) is 0 Å². The quantitative estimate of drug-likeness (QED) is 0.544. The van der Waals surface area contributed by atoms with E-state index in [4.69, 9.17) is 14.2 Å². The molecule has 0 aliphatic carbocycles. The van der Waals surface area contributed by atoms with E-state index < -0.39 is 6.04 Å². The highest BCUT2D eigenvalue weighted by Gasteiger charge is 2.25. The molecule has 0 fully saturated rings. The van der Waals surface area contributed by atoms with E-state index in [1.165, 1.54) is 0 Å². The number of hydrogen-bond acceptors (Lipinski definition) is 5. The fourth-order valence-electron chi connectivity index (χ4n) is 3.37. The van der Waals surface area contributed by atoms with Crippen LogP contribution in [0.1, 0.15) is 38.3 Å². The van der Waals surface area contributed by atoms with Crippen molar-refractivity contribution in [3.8, 4) is 17.2 Å². The monoisotopic (exact) mass is 442 g/mol. The lowest BCUT2D eigenvalue weighted by Gasteiger charge is -2.28. The van der Waals surface area contributed by atoms with Crippen LogP contribution >= 0.6 is 0 Å². The molecule has 7 heteroatoms. The number of likely N-dealkylation sites (N-methyl/N-ethyl adjacent to an activating group) is 1. The molecular formula is C25H34N2O5. The summed E-state index contributed by atoms with van der Waals surface area (Å²) in [7, 11) is 3.18. The van der Waals surface area contributed by atoms with Crippen LogP contribution in [0.4, 0.5) is 0 Å². The maximum atomic E-state index is 13.2. The predicted octanol–water partition coefficient (Wildman–Crippen LogP) is 3.59. The van der Waals surface area contributed by atoms with Crippen molar-refractivity contribution in [3.63, 3.8) is 0 Å². The van der Waals surface area contributed by atoms with Gasteiger partial charge in [-0.1, -0.05) is 18.2 Å². The Balaban J connectivity index is 2.14. The van der Waals surface area contributed by atoms with E-state index in [9.17, 15) is 9.59 Å². The van der Waals surface area contributed by atoms with Gasteiger partial charge in [-0.25, -0.2) is 0 Å². The molecule has 32 heavy (non-hydrogen) atoms. The highest BCUT2D eigenvalue weighted by molar-refractivity contribution is 5.87. The second kappa shape index (κ2) is 12.6. The molecule has 0 saturated carbocycles. The molecule has 7 nitrogen and oxygen atoms in total. The van der Waals surface area contributed by atoms with Gasteiger partial charge >= 0.3 is 0 Å². The zero-order valence-corrected chi connectivity index (χ0v) is 19.6. The lowest BCUT2D eigenvalue weighted by Crippen LogP contribution is -2.46. The normalized spacial score (nSPS) is 11.4. The molecule has 1 atom stereocenters. The molecule has 0 aliphatic rings. The lowest BCUT2D eigenvalue weighted by atomic mass is 10.1. The highest BCUT2D eigenvalue weighted by atomic mass is 16.5. The number of nitrogens with zero attached hydrogens (tertiary/aromatic N) is 1. The summed E-state index contributed by atoms with van der Waals surface area (Å²) in [6.07, 6.45) is 0.807. The molecule has 0 bridgehead atoms. The smallest absolute Gasteiger partial charge is 0.242 e. The second-order valence-corrected chi connectivity index (χ2v) is 7.31. The van der Waals surface area contributed by atoms with Crippen LogP contribution in [-0.4, -0.2) is 50.1 Å². The average molecular weight is 443 g/mol. The first kappa shape index (κ1) is 25.0. The van der Waals surface area contributed by atoms with Crippen molar-refractivity contribution in [1.29, 1.82) is 0 Å². The van der Waals surface area contributed by atoms with Gasteiger partial charge in [0.25, 0.3) is 0 Å². The molecule has 0 aliphatic heterocycles. The Morgan fingerprint density at radius 1 is 0.969 bits per heavy atom. The Kier molecular flexibility index (Phi) is 9.85. The van der Waals surface area contributed by atoms with Gasteiger partial charge < -0.3 is 24.4 Å². The molecule has 2 amide bonds. The Bertz CT molecular complexity index is 882. The van der Waals surface area contributed by atoms with Gasteiger partial charge in [-0.2, -0.15) is 0 Å². The van der Waals surface area contributed by atoms with Gasteiger partial charge in [-0.3, -0.25) is 9.59 Å². The van der Waals surface area contributed by atoms with Crippen molar-refractivity contribution in [2.75, 3.05) is 27.4 Å². The predicted molar refractivity (Wildman–Crippen MR) is 124 cm³/mol. The van der Waals surface area contributed by atoms with E-state index in [0.29, 0.717) is 37.7 Å². The van der Waals surface area contributed by atoms with E-state index in [1.54, 1.807) is 26.0 Å². The van der Waals surface area contributed by atoms with E-state index in [1.807, 2.05) is 56.3 Å². The summed E-state index contributed by atoms with van der Waals surface area (Å²) in [5.74, 6) is 1.81. The fourth-order valence-corrected chi connectivity index (χ4v) is 3.37. The first-order chi connectivity index (χ1) is 15.4. The summed E-state index contributed by atoms with van der Waals surface area (Å²) in [4.78, 5) is 27.0. The number of methoxy groups -OCH3 is 1. The number of amides is 2. The average Bonchev–Trinajstić information content (AvgIpc) is 2.82. The van der Waals surface area contributed by atoms with Crippen molar-refractivity contribution in [1.82, 2.24) is 10.2 Å². The fraction of sp³-hybridized carbons (Fsp3) is 0.440. The van der Waals surface area contributed by atoms with Crippen molar-refractivity contribution in [2.24, 2.45) is 0 Å². The van der Waals surface area contributed by atoms with Crippen LogP contribution in [0.15, 0.2) is 42.5 Å². The number of nitrogens with one attached hydrogen (secondary N) is 1. The molecule has 0 heterocycles. The molecule has 0 unspecified atom stereocenters. The third kappa shape index (κ3) is 6.90. The minimum absolute atomic E-state index is 0.0937. The standard InChI is InChI=1S/C25H34N2O5/c1-6-31-22-14-10-19(16-23(22)32-7-2)11-15-24(28)27(18(3)25(29)26-4)17-20-8-12-21(30-5)13-9-20/h8-10,12-14,16,18H,6-7,11,15,17H2,1-5H3,(H,26,29)/t18-/m1/s1. The SMILES string of the molecule is CCOc1ccc(CCC(=O)N(Cc2ccc(OC)cc2)[C@H](C)C(=O)NC)cc1OCC. The Morgan fingerprint density at radius 3 is 2.19 bits per heavy atom. The minimum Gasteiger partial charge on any atom is -0.497 e. The van der Waals surface area contributed by atoms with Gasteiger partial charge in [-0.15, -0.1) is 0 Å². The van der Waals surface area contributed by atoms with E-state index in [0.717, 1.165) is 16.9 Å². The van der Waals surface area contributed by atoms with Crippen LogP contribution < -0.4 is 19.5 Å². The van der Waals surface area contributed by atoms with Crippen molar-refractivity contribution in [3.05, 3.63) is 53.6 Å². The van der Waals surface area contributed by atoms with Crippen LogP contribution in [0.5, 0.6) is 17.2 Å². The minimum atomic E-state index is -0.589.